The van der Waals surface area contributed by atoms with E-state index in [-0.39, 0.29) is 11.9 Å². The lowest BCUT2D eigenvalue weighted by Crippen LogP contribution is -2.49. The molecule has 0 unspecified atom stereocenters. The molecule has 30 heavy (non-hydrogen) atoms. The maximum atomic E-state index is 13.0. The van der Waals surface area contributed by atoms with E-state index in [1.165, 1.54) is 0 Å². The predicted octanol–water partition coefficient (Wildman–Crippen LogP) is 3.71. The summed E-state index contributed by atoms with van der Waals surface area (Å²) >= 11 is 0. The van der Waals surface area contributed by atoms with E-state index in [1.54, 1.807) is 12.4 Å². The lowest BCUT2D eigenvalue weighted by molar-refractivity contribution is -0.132. The summed E-state index contributed by atoms with van der Waals surface area (Å²) in [5.74, 6) is 1.33. The molecular formula is C22H30N6O2. The Balaban J connectivity index is 1.60. The van der Waals surface area contributed by atoms with Crippen LogP contribution in [-0.2, 0) is 4.79 Å². The van der Waals surface area contributed by atoms with Crippen molar-refractivity contribution in [3.8, 4) is 5.82 Å². The Morgan fingerprint density at radius 2 is 1.97 bits per heavy atom. The molecule has 1 spiro atoms. The summed E-state index contributed by atoms with van der Waals surface area (Å²) in [4.78, 5) is 25.5. The molecule has 0 radical (unpaired) electrons. The van der Waals surface area contributed by atoms with Gasteiger partial charge in [0, 0.05) is 29.1 Å². The predicted molar refractivity (Wildman–Crippen MR) is 115 cm³/mol. The Morgan fingerprint density at radius 3 is 2.63 bits per heavy atom. The molecule has 1 aliphatic heterocycles. The van der Waals surface area contributed by atoms with Crippen molar-refractivity contribution >= 4 is 18.2 Å². The SMILES string of the molecule is Cc1cc(/C=N\N2C(=O)NC3(CCC(C)CC3)C2=O)c(C)n1-c1ccnn1C(C)C. The topological polar surface area (TPSA) is 84.5 Å². The van der Waals surface area contributed by atoms with Gasteiger partial charge in [0.2, 0.25) is 0 Å². The minimum atomic E-state index is -0.776. The minimum Gasteiger partial charge on any atom is -0.321 e. The molecule has 2 aromatic heterocycles. The Kier molecular flexibility index (Phi) is 5.03. The van der Waals surface area contributed by atoms with Crippen LogP contribution in [0.15, 0.2) is 23.4 Å². The van der Waals surface area contributed by atoms with Crippen molar-refractivity contribution in [3.63, 3.8) is 0 Å². The molecule has 0 bridgehead atoms. The average Bonchev–Trinajstić information content (AvgIpc) is 3.33. The molecule has 8 nitrogen and oxygen atoms in total. The second kappa shape index (κ2) is 7.41. The van der Waals surface area contributed by atoms with E-state index >= 15 is 0 Å². The van der Waals surface area contributed by atoms with Gasteiger partial charge < -0.3 is 9.88 Å². The second-order valence-electron chi connectivity index (χ2n) is 8.95. The third-order valence-corrected chi connectivity index (χ3v) is 6.42. The number of amides is 3. The van der Waals surface area contributed by atoms with Gasteiger partial charge in [-0.1, -0.05) is 6.92 Å². The van der Waals surface area contributed by atoms with Crippen molar-refractivity contribution in [1.29, 1.82) is 0 Å². The summed E-state index contributed by atoms with van der Waals surface area (Å²) in [7, 11) is 0. The number of hydrogen-bond donors (Lipinski definition) is 1. The zero-order valence-electron chi connectivity index (χ0n) is 18.3. The number of hydrogen-bond acceptors (Lipinski definition) is 4. The highest BCUT2D eigenvalue weighted by Crippen LogP contribution is 2.36. The molecule has 0 aromatic carbocycles. The molecule has 2 fully saturated rings. The standard InChI is InChI=1S/C22H30N6O2/c1-14(2)27-19(8-11-23-27)26-16(4)12-18(17(26)5)13-24-28-20(29)22(25-21(28)30)9-6-15(3)7-10-22/h8,11-15H,6-7,9-10H2,1-5H3,(H,25,30)/b24-13-. The van der Waals surface area contributed by atoms with E-state index in [2.05, 4.69) is 40.9 Å². The van der Waals surface area contributed by atoms with Crippen LogP contribution in [0.1, 0.15) is 69.4 Å². The summed E-state index contributed by atoms with van der Waals surface area (Å²) in [6.07, 6.45) is 6.63. The van der Waals surface area contributed by atoms with Crippen LogP contribution in [0.25, 0.3) is 5.82 Å². The second-order valence-corrected chi connectivity index (χ2v) is 8.95. The Labute approximate surface area is 176 Å². The van der Waals surface area contributed by atoms with E-state index in [4.69, 9.17) is 0 Å². The van der Waals surface area contributed by atoms with Crippen molar-refractivity contribution in [2.75, 3.05) is 0 Å². The fourth-order valence-electron chi connectivity index (χ4n) is 4.58. The Bertz CT molecular complexity index is 1010. The van der Waals surface area contributed by atoms with Gasteiger partial charge in [-0.25, -0.2) is 9.48 Å². The third kappa shape index (κ3) is 3.24. The molecule has 3 heterocycles. The number of rotatable bonds is 4. The van der Waals surface area contributed by atoms with Crippen molar-refractivity contribution in [2.45, 2.75) is 71.9 Å². The number of hydrazone groups is 1. The lowest BCUT2D eigenvalue weighted by Gasteiger charge is -2.33. The maximum absolute atomic E-state index is 13.0. The normalized spacial score (nSPS) is 24.6. The average molecular weight is 411 g/mol. The van der Waals surface area contributed by atoms with Crippen LogP contribution in [0, 0.1) is 19.8 Å². The molecule has 1 saturated carbocycles. The highest BCUT2D eigenvalue weighted by molar-refractivity contribution is 6.07. The van der Waals surface area contributed by atoms with Gasteiger partial charge in [0.25, 0.3) is 5.91 Å². The maximum Gasteiger partial charge on any atom is 0.346 e. The molecule has 8 heteroatoms. The molecule has 1 aliphatic carbocycles. The molecule has 3 amide bonds. The van der Waals surface area contributed by atoms with Crippen LogP contribution < -0.4 is 5.32 Å². The van der Waals surface area contributed by atoms with Crippen LogP contribution in [0.4, 0.5) is 4.79 Å². The van der Waals surface area contributed by atoms with Gasteiger partial charge in [-0.3, -0.25) is 4.79 Å². The number of carbonyl (C=O) groups is 2. The summed E-state index contributed by atoms with van der Waals surface area (Å²) < 4.78 is 4.08. The van der Waals surface area contributed by atoms with Crippen LogP contribution in [0.3, 0.4) is 0 Å². The van der Waals surface area contributed by atoms with Gasteiger partial charge in [0.15, 0.2) is 0 Å². The molecule has 1 N–H and O–H groups in total. The van der Waals surface area contributed by atoms with Gasteiger partial charge in [-0.05, 0) is 65.4 Å². The summed E-state index contributed by atoms with van der Waals surface area (Å²) in [5.41, 5.74) is 2.10. The van der Waals surface area contributed by atoms with Crippen LogP contribution in [-0.4, -0.2) is 43.0 Å². The first-order valence-electron chi connectivity index (χ1n) is 10.7. The van der Waals surface area contributed by atoms with Gasteiger partial charge in [0.05, 0.1) is 12.4 Å². The summed E-state index contributed by atoms with van der Waals surface area (Å²) in [6.45, 7) is 10.4. The van der Waals surface area contributed by atoms with Crippen LogP contribution in [0.5, 0.6) is 0 Å². The zero-order valence-corrected chi connectivity index (χ0v) is 18.3. The first-order valence-corrected chi connectivity index (χ1v) is 10.7. The largest absolute Gasteiger partial charge is 0.346 e. The molecule has 0 atom stereocenters. The van der Waals surface area contributed by atoms with E-state index in [1.807, 2.05) is 30.7 Å². The van der Waals surface area contributed by atoms with E-state index in [0.717, 1.165) is 40.6 Å². The number of aromatic nitrogens is 3. The number of carbonyl (C=O) groups excluding carboxylic acids is 2. The first-order chi connectivity index (χ1) is 14.2. The van der Waals surface area contributed by atoms with Gasteiger partial charge in [-0.15, -0.1) is 5.01 Å². The molecular weight excluding hydrogens is 380 g/mol. The first kappa shape index (κ1) is 20.4. The third-order valence-electron chi connectivity index (χ3n) is 6.42. The van der Waals surface area contributed by atoms with E-state index in [0.29, 0.717) is 18.8 Å². The number of imide groups is 1. The van der Waals surface area contributed by atoms with Crippen molar-refractivity contribution in [1.82, 2.24) is 24.7 Å². The molecule has 4 rings (SSSR count). The fourth-order valence-corrected chi connectivity index (χ4v) is 4.58. The number of urea groups is 1. The number of aryl methyl sites for hydroxylation is 1. The van der Waals surface area contributed by atoms with Crippen molar-refractivity contribution in [3.05, 3.63) is 35.3 Å². The number of nitrogens with zero attached hydrogens (tertiary/aromatic N) is 5. The van der Waals surface area contributed by atoms with Gasteiger partial charge >= 0.3 is 6.03 Å². The monoisotopic (exact) mass is 410 g/mol. The zero-order chi connectivity index (χ0) is 21.6. The molecule has 2 aromatic rings. The van der Waals surface area contributed by atoms with Gasteiger partial charge in [0.1, 0.15) is 11.4 Å². The quantitative estimate of drug-likeness (QED) is 0.616. The van der Waals surface area contributed by atoms with Crippen molar-refractivity contribution < 1.29 is 9.59 Å². The lowest BCUT2D eigenvalue weighted by atomic mass is 9.77. The van der Waals surface area contributed by atoms with Crippen molar-refractivity contribution in [2.24, 2.45) is 11.0 Å². The highest BCUT2D eigenvalue weighted by Gasteiger charge is 2.52. The fraction of sp³-hybridized carbons (Fsp3) is 0.545. The van der Waals surface area contributed by atoms with E-state index < -0.39 is 11.6 Å². The number of nitrogens with one attached hydrogen (secondary N) is 1. The smallest absolute Gasteiger partial charge is 0.321 e. The Morgan fingerprint density at radius 1 is 1.27 bits per heavy atom. The molecule has 2 aliphatic rings. The summed E-state index contributed by atoms with van der Waals surface area (Å²) in [5, 5.41) is 12.6. The van der Waals surface area contributed by atoms with Crippen LogP contribution in [0.2, 0.25) is 0 Å². The Hall–Kier alpha value is -2.90. The van der Waals surface area contributed by atoms with Crippen LogP contribution >= 0.6 is 0 Å². The minimum absolute atomic E-state index is 0.230. The van der Waals surface area contributed by atoms with E-state index in [9.17, 15) is 9.59 Å². The summed E-state index contributed by atoms with van der Waals surface area (Å²) in [6, 6.07) is 3.78. The molecule has 1 saturated heterocycles. The molecule has 160 valence electrons. The van der Waals surface area contributed by atoms with Gasteiger partial charge in [-0.2, -0.15) is 10.2 Å². The highest BCUT2D eigenvalue weighted by atomic mass is 16.2.